The van der Waals surface area contributed by atoms with Gasteiger partial charge in [0.15, 0.2) is 10.6 Å². The Labute approximate surface area is 173 Å². The van der Waals surface area contributed by atoms with E-state index in [9.17, 15) is 0 Å². The molecule has 0 spiro atoms. The van der Waals surface area contributed by atoms with Crippen LogP contribution in [0.3, 0.4) is 0 Å². The van der Waals surface area contributed by atoms with Crippen molar-refractivity contribution in [1.82, 2.24) is 20.2 Å². The Morgan fingerprint density at radius 2 is 2.14 bits per heavy atom. The molecule has 0 unspecified atom stereocenters. The molecule has 4 heterocycles. The molecule has 0 bridgehead atoms. The van der Waals surface area contributed by atoms with Gasteiger partial charge in [0.1, 0.15) is 12.3 Å². The van der Waals surface area contributed by atoms with Crippen molar-refractivity contribution < 1.29 is 4.74 Å². The number of piperazine rings is 1. The Morgan fingerprint density at radius 1 is 1.25 bits per heavy atom. The lowest BCUT2D eigenvalue weighted by Gasteiger charge is -2.26. The maximum Gasteiger partial charge on any atom is 0.227 e. The van der Waals surface area contributed by atoms with Crippen LogP contribution >= 0.6 is 11.3 Å². The summed E-state index contributed by atoms with van der Waals surface area (Å²) < 4.78 is 5.90. The van der Waals surface area contributed by atoms with Crippen LogP contribution < -0.4 is 15.4 Å². The summed E-state index contributed by atoms with van der Waals surface area (Å²) in [6.45, 7) is 5.90. The molecule has 28 heavy (non-hydrogen) atoms. The van der Waals surface area contributed by atoms with Crippen LogP contribution in [-0.4, -0.2) is 41.0 Å². The number of ether oxygens (including phenoxy) is 1. The van der Waals surface area contributed by atoms with Gasteiger partial charge in [-0.05, 0) is 30.8 Å². The van der Waals surface area contributed by atoms with E-state index in [-0.39, 0.29) is 0 Å². The second kappa shape index (κ2) is 7.71. The van der Waals surface area contributed by atoms with Gasteiger partial charge in [0, 0.05) is 54.9 Å². The van der Waals surface area contributed by atoms with Gasteiger partial charge in [-0.3, -0.25) is 4.90 Å². The second-order valence-electron chi connectivity index (χ2n) is 6.98. The fourth-order valence-electron chi connectivity index (χ4n) is 3.56. The molecule has 0 aliphatic carbocycles. The first-order valence-electron chi connectivity index (χ1n) is 9.38. The predicted octanol–water partition coefficient (Wildman–Crippen LogP) is 2.62. The lowest BCUT2D eigenvalue weighted by Crippen LogP contribution is -2.42. The van der Waals surface area contributed by atoms with Gasteiger partial charge in [-0.1, -0.05) is 6.07 Å². The van der Waals surface area contributed by atoms with Crippen LogP contribution in [0.15, 0.2) is 41.4 Å². The van der Waals surface area contributed by atoms with Gasteiger partial charge in [-0.2, -0.15) is 0 Å². The SMILES string of the molecule is [SH2+]c1cccc(Nc2ncc3c(n2)-c2cc(CN4CCNCC4)sc2CO3)c1. The first-order valence-corrected chi connectivity index (χ1v) is 10.7. The van der Waals surface area contributed by atoms with Crippen molar-refractivity contribution in [1.29, 1.82) is 0 Å². The Morgan fingerprint density at radius 3 is 3.00 bits per heavy atom. The van der Waals surface area contributed by atoms with Crippen molar-refractivity contribution >= 4 is 35.6 Å². The van der Waals surface area contributed by atoms with E-state index < -0.39 is 0 Å². The summed E-state index contributed by atoms with van der Waals surface area (Å²) in [5.74, 6) is 1.32. The third kappa shape index (κ3) is 3.73. The minimum atomic E-state index is 0.572. The molecule has 0 saturated carbocycles. The van der Waals surface area contributed by atoms with Crippen molar-refractivity contribution in [2.24, 2.45) is 0 Å². The maximum absolute atomic E-state index is 5.90. The lowest BCUT2D eigenvalue weighted by atomic mass is 10.1. The summed E-state index contributed by atoms with van der Waals surface area (Å²) in [5.41, 5.74) is 2.99. The summed E-state index contributed by atoms with van der Waals surface area (Å²) in [6, 6.07) is 10.2. The topological polar surface area (TPSA) is 62.3 Å². The molecule has 5 rings (SSSR count). The fraction of sp³-hybridized carbons (Fsp3) is 0.300. The smallest absolute Gasteiger partial charge is 0.227 e. The van der Waals surface area contributed by atoms with Gasteiger partial charge in [0.05, 0.1) is 11.1 Å². The third-order valence-electron chi connectivity index (χ3n) is 4.94. The number of nitrogens with zero attached hydrogens (tertiary/aromatic N) is 3. The molecule has 8 heteroatoms. The normalized spacial score (nSPS) is 16.2. The summed E-state index contributed by atoms with van der Waals surface area (Å²) in [5, 5.41) is 6.68. The highest BCUT2D eigenvalue weighted by molar-refractivity contribution is 7.58. The summed E-state index contributed by atoms with van der Waals surface area (Å²) in [4.78, 5) is 15.3. The Hall–Kier alpha value is -2.13. The zero-order chi connectivity index (χ0) is 18.9. The maximum atomic E-state index is 5.90. The first kappa shape index (κ1) is 17.9. The molecular formula is C20H22N5OS2+. The molecule has 6 nitrogen and oxygen atoms in total. The number of rotatable bonds is 4. The van der Waals surface area contributed by atoms with Gasteiger partial charge in [0.2, 0.25) is 5.95 Å². The Balaban J connectivity index is 1.41. The van der Waals surface area contributed by atoms with Crippen molar-refractivity contribution in [2.45, 2.75) is 18.0 Å². The fourth-order valence-corrected chi connectivity index (χ4v) is 4.93. The largest absolute Gasteiger partial charge is 0.484 e. The van der Waals surface area contributed by atoms with Crippen molar-refractivity contribution in [2.75, 3.05) is 31.5 Å². The minimum absolute atomic E-state index is 0.572. The number of aromatic nitrogens is 2. The number of fused-ring (bicyclic) bond motifs is 3. The molecular weight excluding hydrogens is 390 g/mol. The highest BCUT2D eigenvalue weighted by atomic mass is 32.1. The van der Waals surface area contributed by atoms with Crippen molar-refractivity contribution in [3.8, 4) is 17.0 Å². The summed E-state index contributed by atoms with van der Waals surface area (Å²) >= 11 is 5.38. The molecule has 0 radical (unpaired) electrons. The molecule has 144 valence electrons. The number of hydrogen-bond donors (Lipinski definition) is 2. The lowest BCUT2D eigenvalue weighted by molar-refractivity contribution is 0.235. The number of nitrogens with one attached hydrogen (secondary N) is 2. The molecule has 3 aromatic rings. The van der Waals surface area contributed by atoms with Crippen LogP contribution in [0.4, 0.5) is 11.6 Å². The molecule has 1 fully saturated rings. The highest BCUT2D eigenvalue weighted by Crippen LogP contribution is 2.41. The quantitative estimate of drug-likeness (QED) is 0.643. The second-order valence-corrected chi connectivity index (χ2v) is 8.78. The number of benzene rings is 1. The van der Waals surface area contributed by atoms with Crippen LogP contribution in [-0.2, 0) is 25.8 Å². The van der Waals surface area contributed by atoms with E-state index in [2.05, 4.69) is 39.2 Å². The highest BCUT2D eigenvalue weighted by Gasteiger charge is 2.24. The van der Waals surface area contributed by atoms with E-state index in [1.165, 1.54) is 15.3 Å². The van der Waals surface area contributed by atoms with Gasteiger partial charge < -0.3 is 15.4 Å². The Kier molecular flexibility index (Phi) is 4.94. The summed E-state index contributed by atoms with van der Waals surface area (Å²) in [6.07, 6.45) is 1.76. The average molecular weight is 413 g/mol. The van der Waals surface area contributed by atoms with E-state index in [0.29, 0.717) is 12.6 Å². The Bertz CT molecular complexity index is 1000. The molecule has 1 aromatic carbocycles. The van der Waals surface area contributed by atoms with E-state index >= 15 is 0 Å². The van der Waals surface area contributed by atoms with Crippen molar-refractivity contribution in [3.05, 3.63) is 46.3 Å². The molecule has 1 saturated heterocycles. The van der Waals surface area contributed by atoms with Crippen LogP contribution in [0.25, 0.3) is 11.3 Å². The van der Waals surface area contributed by atoms with E-state index in [4.69, 9.17) is 9.72 Å². The van der Waals surface area contributed by atoms with Gasteiger partial charge in [-0.15, -0.1) is 11.3 Å². The minimum Gasteiger partial charge on any atom is -0.484 e. The third-order valence-corrected chi connectivity index (χ3v) is 6.34. The first-order chi connectivity index (χ1) is 13.7. The molecule has 0 atom stereocenters. The van der Waals surface area contributed by atoms with Gasteiger partial charge in [-0.25, -0.2) is 9.97 Å². The van der Waals surface area contributed by atoms with E-state index in [1.54, 1.807) is 6.20 Å². The average Bonchev–Trinajstić information content (AvgIpc) is 3.12. The summed E-state index contributed by atoms with van der Waals surface area (Å²) in [7, 11) is 0. The number of thiophene rings is 1. The molecule has 2 aliphatic heterocycles. The molecule has 0 amide bonds. The zero-order valence-electron chi connectivity index (χ0n) is 15.4. The zero-order valence-corrected chi connectivity index (χ0v) is 17.2. The molecule has 2 aromatic heterocycles. The van der Waals surface area contributed by atoms with Gasteiger partial charge >= 0.3 is 0 Å². The van der Waals surface area contributed by atoms with E-state index in [1.807, 2.05) is 35.6 Å². The van der Waals surface area contributed by atoms with Crippen LogP contribution in [0.5, 0.6) is 5.75 Å². The number of anilines is 2. The van der Waals surface area contributed by atoms with Crippen LogP contribution in [0.2, 0.25) is 0 Å². The van der Waals surface area contributed by atoms with Crippen LogP contribution in [0, 0.1) is 0 Å². The predicted molar refractivity (Wildman–Crippen MR) is 116 cm³/mol. The van der Waals surface area contributed by atoms with E-state index in [0.717, 1.165) is 54.8 Å². The van der Waals surface area contributed by atoms with Gasteiger partial charge in [0.25, 0.3) is 0 Å². The standard InChI is InChI=1S/C20H21N5OS2/c27-14-3-1-2-13(8-14)23-20-22-10-17-19(24-20)16-9-15(28-18(16)12-26-17)11-25-6-4-21-5-7-25/h1-3,8-10,21,27H,4-7,11-12H2,(H,22,23,24)/p+1. The monoisotopic (exact) mass is 412 g/mol. The van der Waals surface area contributed by atoms with Crippen LogP contribution in [0.1, 0.15) is 9.75 Å². The van der Waals surface area contributed by atoms with Crippen molar-refractivity contribution in [3.63, 3.8) is 0 Å². The molecule has 2 N–H and O–H groups in total. The number of hydrogen-bond acceptors (Lipinski definition) is 7. The molecule has 2 aliphatic rings.